The van der Waals surface area contributed by atoms with E-state index in [-0.39, 0.29) is 0 Å². The van der Waals surface area contributed by atoms with E-state index in [1.165, 1.54) is 43.1 Å². The predicted octanol–water partition coefficient (Wildman–Crippen LogP) is 10.9. The lowest BCUT2D eigenvalue weighted by Gasteiger charge is -2.11. The average molecular weight is 599 g/mol. The van der Waals surface area contributed by atoms with Crippen molar-refractivity contribution < 1.29 is 0 Å². The van der Waals surface area contributed by atoms with Crippen molar-refractivity contribution in [1.29, 1.82) is 0 Å². The van der Waals surface area contributed by atoms with Crippen molar-refractivity contribution in [2.45, 2.75) is 0 Å². The van der Waals surface area contributed by atoms with Crippen molar-refractivity contribution in [1.82, 2.24) is 19.5 Å². The minimum absolute atomic E-state index is 0.601. The van der Waals surface area contributed by atoms with Crippen molar-refractivity contribution in [3.8, 4) is 39.9 Å². The van der Waals surface area contributed by atoms with Gasteiger partial charge in [0, 0.05) is 21.9 Å². The maximum atomic E-state index is 5.22. The molecule has 0 radical (unpaired) electrons. The van der Waals surface area contributed by atoms with E-state index in [4.69, 9.17) is 15.0 Å². The Kier molecular flexibility index (Phi) is 5.54. The van der Waals surface area contributed by atoms with Crippen molar-refractivity contribution in [3.63, 3.8) is 0 Å². The first-order valence-corrected chi connectivity index (χ1v) is 15.9. The van der Waals surface area contributed by atoms with Crippen molar-refractivity contribution in [3.05, 3.63) is 158 Å². The Morgan fingerprint density at radius 3 is 1.45 bits per heavy atom. The van der Waals surface area contributed by atoms with Crippen LogP contribution < -0.4 is 0 Å². The van der Waals surface area contributed by atoms with Crippen LogP contribution in [0.3, 0.4) is 0 Å². The lowest BCUT2D eigenvalue weighted by molar-refractivity contribution is 0.954. The molecule has 0 aliphatic carbocycles. The maximum Gasteiger partial charge on any atom is 0.238 e. The number of hydrogen-bond donors (Lipinski definition) is 0. The second-order valence-electron chi connectivity index (χ2n) is 12.1. The van der Waals surface area contributed by atoms with Gasteiger partial charge in [0.2, 0.25) is 5.95 Å². The Morgan fingerprint density at radius 2 is 0.830 bits per heavy atom. The summed E-state index contributed by atoms with van der Waals surface area (Å²) < 4.78 is 2.22. The zero-order chi connectivity index (χ0) is 30.9. The standard InChI is InChI=1S/C43H26N4/c1-3-12-27(13-4-1)29-18-9-19-32(24-29)42-44-41(28-14-5-2-6-15-28)45-43(46-42)47-37-22-10-20-33-35-25-30-16-7-8-17-31(30)26-36(35)34-21-11-23-38(47)40(34)39(33)37/h1-26H. The molecule has 0 aliphatic rings. The Bertz CT molecular complexity index is 2680. The Balaban J connectivity index is 1.29. The number of rotatable bonds is 4. The lowest BCUT2D eigenvalue weighted by atomic mass is 9.92. The highest BCUT2D eigenvalue weighted by Gasteiger charge is 2.22. The van der Waals surface area contributed by atoms with Gasteiger partial charge in [-0.3, -0.25) is 4.57 Å². The van der Waals surface area contributed by atoms with E-state index in [0.717, 1.165) is 33.3 Å². The molecule has 2 heterocycles. The van der Waals surface area contributed by atoms with Gasteiger partial charge < -0.3 is 0 Å². The molecular formula is C43H26N4. The Morgan fingerprint density at radius 1 is 0.340 bits per heavy atom. The third kappa shape index (κ3) is 3.98. The highest BCUT2D eigenvalue weighted by molar-refractivity contribution is 6.35. The molecule has 2 aromatic heterocycles. The molecule has 0 unspecified atom stereocenters. The Hall–Kier alpha value is -6.39. The summed E-state index contributed by atoms with van der Waals surface area (Å²) in [4.78, 5) is 15.4. The molecule has 4 heteroatoms. The van der Waals surface area contributed by atoms with Crippen molar-refractivity contribution in [2.24, 2.45) is 0 Å². The van der Waals surface area contributed by atoms with Gasteiger partial charge in [0.15, 0.2) is 11.6 Å². The summed E-state index contributed by atoms with van der Waals surface area (Å²) in [7, 11) is 0. The van der Waals surface area contributed by atoms with Gasteiger partial charge in [-0.2, -0.15) is 9.97 Å². The van der Waals surface area contributed by atoms with E-state index < -0.39 is 0 Å². The number of benzene rings is 8. The first kappa shape index (κ1) is 25.9. The molecule has 10 rings (SSSR count). The van der Waals surface area contributed by atoms with Gasteiger partial charge in [0.25, 0.3) is 0 Å². The molecule has 4 nitrogen and oxygen atoms in total. The van der Waals surface area contributed by atoms with Gasteiger partial charge in [-0.1, -0.05) is 127 Å². The summed E-state index contributed by atoms with van der Waals surface area (Å²) in [5, 5.41) is 9.93. The van der Waals surface area contributed by atoms with Crippen LogP contribution in [0.15, 0.2) is 158 Å². The van der Waals surface area contributed by atoms with Crippen molar-refractivity contribution in [2.75, 3.05) is 0 Å². The molecule has 0 atom stereocenters. The summed E-state index contributed by atoms with van der Waals surface area (Å²) in [6.07, 6.45) is 0. The van der Waals surface area contributed by atoms with Crippen molar-refractivity contribution >= 4 is 54.1 Å². The average Bonchev–Trinajstić information content (AvgIpc) is 3.50. The smallest absolute Gasteiger partial charge is 0.238 e. The van der Waals surface area contributed by atoms with Crippen LogP contribution in [0.1, 0.15) is 0 Å². The fraction of sp³-hybridized carbons (Fsp3) is 0. The molecule has 8 aromatic carbocycles. The molecule has 10 aromatic rings. The Labute approximate surface area is 270 Å². The van der Waals surface area contributed by atoms with Crippen LogP contribution in [-0.4, -0.2) is 19.5 Å². The summed E-state index contributed by atoms with van der Waals surface area (Å²) >= 11 is 0. The number of nitrogens with zero attached hydrogens (tertiary/aromatic N) is 4. The molecule has 218 valence electrons. The zero-order valence-electron chi connectivity index (χ0n) is 25.3. The van der Waals surface area contributed by atoms with Gasteiger partial charge in [0.05, 0.1) is 11.0 Å². The number of aromatic nitrogens is 4. The van der Waals surface area contributed by atoms with Crippen LogP contribution in [0, 0.1) is 0 Å². The van der Waals surface area contributed by atoms with E-state index >= 15 is 0 Å². The number of hydrogen-bond acceptors (Lipinski definition) is 3. The molecular weight excluding hydrogens is 573 g/mol. The highest BCUT2D eigenvalue weighted by Crippen LogP contribution is 2.44. The molecule has 0 bridgehead atoms. The molecule has 0 saturated carbocycles. The third-order valence-corrected chi connectivity index (χ3v) is 9.37. The van der Waals surface area contributed by atoms with Crippen LogP contribution in [-0.2, 0) is 0 Å². The van der Waals surface area contributed by atoms with Crippen LogP contribution in [0.25, 0.3) is 94.0 Å². The molecule has 0 N–H and O–H groups in total. The van der Waals surface area contributed by atoms with Gasteiger partial charge in [-0.15, -0.1) is 0 Å². The van der Waals surface area contributed by atoms with Gasteiger partial charge >= 0.3 is 0 Å². The summed E-state index contributed by atoms with van der Waals surface area (Å²) in [5.74, 6) is 1.88. The van der Waals surface area contributed by atoms with E-state index in [0.29, 0.717) is 17.6 Å². The molecule has 0 fully saturated rings. The molecule has 47 heavy (non-hydrogen) atoms. The molecule has 0 aliphatic heterocycles. The molecule has 0 amide bonds. The van der Waals surface area contributed by atoms with Crippen LogP contribution in [0.4, 0.5) is 0 Å². The first-order valence-electron chi connectivity index (χ1n) is 15.9. The predicted molar refractivity (Wildman–Crippen MR) is 194 cm³/mol. The fourth-order valence-electron chi connectivity index (χ4n) is 7.24. The second-order valence-corrected chi connectivity index (χ2v) is 12.1. The highest BCUT2D eigenvalue weighted by atomic mass is 15.2. The second kappa shape index (κ2) is 10.1. The van der Waals surface area contributed by atoms with Gasteiger partial charge in [-0.05, 0) is 73.8 Å². The van der Waals surface area contributed by atoms with E-state index in [1.807, 2.05) is 24.3 Å². The van der Waals surface area contributed by atoms with E-state index in [2.05, 4.69) is 138 Å². The monoisotopic (exact) mass is 598 g/mol. The zero-order valence-corrected chi connectivity index (χ0v) is 25.3. The summed E-state index contributed by atoms with van der Waals surface area (Å²) in [6.45, 7) is 0. The minimum atomic E-state index is 0.601. The van der Waals surface area contributed by atoms with Gasteiger partial charge in [0.1, 0.15) is 0 Å². The maximum absolute atomic E-state index is 5.22. The first-order chi connectivity index (χ1) is 23.3. The molecule has 0 spiro atoms. The normalized spacial score (nSPS) is 11.8. The summed E-state index contributed by atoms with van der Waals surface area (Å²) in [5.41, 5.74) is 6.32. The topological polar surface area (TPSA) is 43.6 Å². The van der Waals surface area contributed by atoms with E-state index in [1.54, 1.807) is 0 Å². The van der Waals surface area contributed by atoms with Gasteiger partial charge in [-0.25, -0.2) is 4.98 Å². The van der Waals surface area contributed by atoms with Crippen LogP contribution >= 0.6 is 0 Å². The SMILES string of the molecule is c1ccc(-c2cccc(-c3nc(-c4ccccc4)nc(-n4c5cccc6c7cc8ccccc8cc7c7cccc4c7c65)n3)c2)cc1. The van der Waals surface area contributed by atoms with Crippen LogP contribution in [0.5, 0.6) is 0 Å². The fourth-order valence-corrected chi connectivity index (χ4v) is 7.24. The molecule has 0 saturated heterocycles. The third-order valence-electron chi connectivity index (χ3n) is 9.37. The quantitative estimate of drug-likeness (QED) is 0.150. The van der Waals surface area contributed by atoms with E-state index in [9.17, 15) is 0 Å². The number of fused-ring (bicyclic) bond motifs is 4. The lowest BCUT2D eigenvalue weighted by Crippen LogP contribution is -2.06. The minimum Gasteiger partial charge on any atom is -0.278 e. The largest absolute Gasteiger partial charge is 0.278 e. The van der Waals surface area contributed by atoms with Crippen LogP contribution in [0.2, 0.25) is 0 Å². The summed E-state index contributed by atoms with van der Waals surface area (Å²) in [6, 6.07) is 55.5.